The van der Waals surface area contributed by atoms with E-state index in [2.05, 4.69) is 16.0 Å². The Hall–Kier alpha value is -4.85. The lowest BCUT2D eigenvalue weighted by Gasteiger charge is -2.13. The second kappa shape index (κ2) is 13.7. The Morgan fingerprint density at radius 2 is 1.45 bits per heavy atom. The average Bonchev–Trinajstić information content (AvgIpc) is 3.01. The summed E-state index contributed by atoms with van der Waals surface area (Å²) in [5.74, 6) is -0.925. The molecule has 0 atom stereocenters. The largest absolute Gasteiger partial charge is 0.324 e. The van der Waals surface area contributed by atoms with Crippen LogP contribution in [0.3, 0.4) is 0 Å². The van der Waals surface area contributed by atoms with E-state index in [4.69, 9.17) is 11.6 Å². The van der Waals surface area contributed by atoms with E-state index in [1.807, 2.05) is 54.6 Å². The first-order valence-electron chi connectivity index (χ1n) is 13.1. The van der Waals surface area contributed by atoms with Gasteiger partial charge in [0.25, 0.3) is 11.8 Å². The monoisotopic (exact) mass is 591 g/mol. The fourth-order valence-electron chi connectivity index (χ4n) is 4.23. The number of carbonyl (C=O) groups is 3. The van der Waals surface area contributed by atoms with E-state index in [9.17, 15) is 14.4 Å². The van der Waals surface area contributed by atoms with Crippen molar-refractivity contribution in [3.63, 3.8) is 0 Å². The number of halogens is 1. The molecule has 3 N–H and O–H groups in total. The Bertz CT molecular complexity index is 1780. The van der Waals surface area contributed by atoms with Gasteiger partial charge in [-0.25, -0.2) is 0 Å². The van der Waals surface area contributed by atoms with Crippen LogP contribution in [0.4, 0.5) is 11.4 Å². The molecule has 0 fully saturated rings. The molecule has 5 aromatic carbocycles. The van der Waals surface area contributed by atoms with Gasteiger partial charge in [0.1, 0.15) is 5.70 Å². The highest BCUT2D eigenvalue weighted by molar-refractivity contribution is 8.00. The first-order valence-corrected chi connectivity index (χ1v) is 14.5. The van der Waals surface area contributed by atoms with Gasteiger partial charge in [0.2, 0.25) is 5.91 Å². The lowest BCUT2D eigenvalue weighted by molar-refractivity contribution is -0.114. The molecule has 0 aliphatic rings. The third-order valence-electron chi connectivity index (χ3n) is 6.26. The molecule has 0 aliphatic heterocycles. The number of thioether (sulfide) groups is 1. The number of nitrogens with one attached hydrogen (secondary N) is 3. The van der Waals surface area contributed by atoms with Crippen LogP contribution >= 0.6 is 23.4 Å². The quantitative estimate of drug-likeness (QED) is 0.121. The summed E-state index contributed by atoms with van der Waals surface area (Å²) in [4.78, 5) is 39.8. The van der Waals surface area contributed by atoms with Crippen LogP contribution in [0.15, 0.2) is 132 Å². The van der Waals surface area contributed by atoms with Crippen molar-refractivity contribution in [1.82, 2.24) is 5.32 Å². The molecule has 5 aromatic rings. The molecule has 0 bridgehead atoms. The average molecular weight is 592 g/mol. The molecule has 5 rings (SSSR count). The van der Waals surface area contributed by atoms with Gasteiger partial charge in [0.15, 0.2) is 0 Å². The minimum Gasteiger partial charge on any atom is -0.324 e. The van der Waals surface area contributed by atoms with Gasteiger partial charge in [-0.15, -0.1) is 11.8 Å². The zero-order valence-corrected chi connectivity index (χ0v) is 23.9. The van der Waals surface area contributed by atoms with Crippen LogP contribution in [-0.2, 0) is 9.59 Å². The Labute approximate surface area is 252 Å². The van der Waals surface area contributed by atoms with Gasteiger partial charge in [-0.05, 0) is 64.9 Å². The zero-order valence-electron chi connectivity index (χ0n) is 22.3. The molecule has 8 heteroatoms. The SMILES string of the molecule is O=C(CSc1cccc(NC(=O)/C(=C\c2cccc3ccccc23)NC(=O)c2ccccc2)c1)Nc1ccccc1Cl. The number of fused-ring (bicyclic) bond motifs is 1. The number of rotatable bonds is 9. The van der Waals surface area contributed by atoms with Crippen molar-refractivity contribution < 1.29 is 14.4 Å². The van der Waals surface area contributed by atoms with E-state index in [0.29, 0.717) is 22.0 Å². The lowest BCUT2D eigenvalue weighted by Crippen LogP contribution is -2.30. The fourth-order valence-corrected chi connectivity index (χ4v) is 5.17. The molecule has 42 heavy (non-hydrogen) atoms. The molecule has 6 nitrogen and oxygen atoms in total. The molecule has 208 valence electrons. The van der Waals surface area contributed by atoms with E-state index in [-0.39, 0.29) is 17.4 Å². The van der Waals surface area contributed by atoms with Crippen molar-refractivity contribution in [2.75, 3.05) is 16.4 Å². The van der Waals surface area contributed by atoms with Gasteiger partial charge in [-0.3, -0.25) is 14.4 Å². The molecule has 0 aromatic heterocycles. The maximum Gasteiger partial charge on any atom is 0.272 e. The zero-order chi connectivity index (χ0) is 29.3. The molecule has 0 spiro atoms. The highest BCUT2D eigenvalue weighted by atomic mass is 35.5. The van der Waals surface area contributed by atoms with Gasteiger partial charge >= 0.3 is 0 Å². The van der Waals surface area contributed by atoms with E-state index >= 15 is 0 Å². The summed E-state index contributed by atoms with van der Waals surface area (Å²) >= 11 is 7.46. The van der Waals surface area contributed by atoms with Gasteiger partial charge in [0, 0.05) is 16.1 Å². The van der Waals surface area contributed by atoms with Crippen LogP contribution < -0.4 is 16.0 Å². The Kier molecular flexibility index (Phi) is 9.33. The summed E-state index contributed by atoms with van der Waals surface area (Å²) in [6.45, 7) is 0. The molecule has 0 saturated carbocycles. The van der Waals surface area contributed by atoms with Gasteiger partial charge < -0.3 is 16.0 Å². The van der Waals surface area contributed by atoms with Gasteiger partial charge in [0.05, 0.1) is 16.5 Å². The first-order chi connectivity index (χ1) is 20.5. The number of hydrogen-bond acceptors (Lipinski definition) is 4. The van der Waals surface area contributed by atoms with E-state index in [1.54, 1.807) is 72.8 Å². The molecule has 0 radical (unpaired) electrons. The highest BCUT2D eigenvalue weighted by Crippen LogP contribution is 2.25. The fraction of sp³-hybridized carbons (Fsp3) is 0.0294. The van der Waals surface area contributed by atoms with Crippen molar-refractivity contribution in [3.05, 3.63) is 143 Å². The van der Waals surface area contributed by atoms with Crippen LogP contribution in [0, 0.1) is 0 Å². The summed E-state index contributed by atoms with van der Waals surface area (Å²) in [5.41, 5.74) is 2.39. The second-order valence-electron chi connectivity index (χ2n) is 9.25. The van der Waals surface area contributed by atoms with Gasteiger partial charge in [-0.1, -0.05) is 90.5 Å². The van der Waals surface area contributed by atoms with Crippen LogP contribution in [0.25, 0.3) is 16.8 Å². The maximum atomic E-state index is 13.6. The Morgan fingerprint density at radius 3 is 2.29 bits per heavy atom. The third kappa shape index (κ3) is 7.46. The van der Waals surface area contributed by atoms with Crippen LogP contribution in [-0.4, -0.2) is 23.5 Å². The summed E-state index contributed by atoms with van der Waals surface area (Å²) in [5, 5.41) is 10.9. The number of anilines is 2. The van der Waals surface area contributed by atoms with Crippen molar-refractivity contribution in [3.8, 4) is 0 Å². The normalized spacial score (nSPS) is 11.1. The van der Waals surface area contributed by atoms with E-state index < -0.39 is 11.8 Å². The van der Waals surface area contributed by atoms with Crippen LogP contribution in [0.2, 0.25) is 5.02 Å². The summed E-state index contributed by atoms with van der Waals surface area (Å²) in [7, 11) is 0. The lowest BCUT2D eigenvalue weighted by atomic mass is 10.0. The first kappa shape index (κ1) is 28.7. The topological polar surface area (TPSA) is 87.3 Å². The summed E-state index contributed by atoms with van der Waals surface area (Å²) in [6.07, 6.45) is 1.68. The smallest absolute Gasteiger partial charge is 0.272 e. The third-order valence-corrected chi connectivity index (χ3v) is 7.59. The maximum absolute atomic E-state index is 13.6. The standard InChI is InChI=1S/C34H26ClN3O3S/c35-29-18-6-7-19-30(29)37-32(39)22-42-27-16-9-15-26(21-27)36-34(41)31(38-33(40)24-11-2-1-3-12-24)20-25-14-8-13-23-10-4-5-17-28(23)25/h1-21H,22H2,(H,36,41)(H,37,39)(H,38,40)/b31-20+. The van der Waals surface area contributed by atoms with Crippen LogP contribution in [0.5, 0.6) is 0 Å². The Balaban J connectivity index is 1.34. The Morgan fingerprint density at radius 1 is 0.738 bits per heavy atom. The number of carbonyl (C=O) groups excluding carboxylic acids is 3. The summed E-state index contributed by atoms with van der Waals surface area (Å²) < 4.78 is 0. The predicted octanol–water partition coefficient (Wildman–Crippen LogP) is 7.63. The number of hydrogen-bond donors (Lipinski definition) is 3. The van der Waals surface area contributed by atoms with Crippen molar-refractivity contribution in [2.24, 2.45) is 0 Å². The number of amides is 3. The van der Waals surface area contributed by atoms with Crippen molar-refractivity contribution in [2.45, 2.75) is 4.90 Å². The molecule has 0 saturated heterocycles. The second-order valence-corrected chi connectivity index (χ2v) is 10.7. The molecular formula is C34H26ClN3O3S. The van der Waals surface area contributed by atoms with Crippen molar-refractivity contribution in [1.29, 1.82) is 0 Å². The van der Waals surface area contributed by atoms with Crippen molar-refractivity contribution >= 4 is 69.3 Å². The number of benzene rings is 5. The minimum absolute atomic E-state index is 0.0948. The molecular weight excluding hydrogens is 566 g/mol. The van der Waals surface area contributed by atoms with Gasteiger partial charge in [-0.2, -0.15) is 0 Å². The summed E-state index contributed by atoms with van der Waals surface area (Å²) in [6, 6.07) is 36.6. The minimum atomic E-state index is -0.481. The van der Waals surface area contributed by atoms with E-state index in [1.165, 1.54) is 11.8 Å². The number of para-hydroxylation sites is 1. The van der Waals surface area contributed by atoms with Crippen LogP contribution in [0.1, 0.15) is 15.9 Å². The predicted molar refractivity (Wildman–Crippen MR) is 172 cm³/mol. The van der Waals surface area contributed by atoms with E-state index in [0.717, 1.165) is 21.2 Å². The molecule has 0 aliphatic carbocycles. The molecule has 0 heterocycles. The highest BCUT2D eigenvalue weighted by Gasteiger charge is 2.16. The molecule has 3 amide bonds. The molecule has 0 unspecified atom stereocenters.